The number of aromatic nitrogens is 2. The first-order valence-corrected chi connectivity index (χ1v) is 7.08. The van der Waals surface area contributed by atoms with Crippen LogP contribution in [0.2, 0.25) is 0 Å². The Kier molecular flexibility index (Phi) is 4.32. The lowest BCUT2D eigenvalue weighted by Gasteiger charge is -2.27. The molecule has 0 bridgehead atoms. The van der Waals surface area contributed by atoms with E-state index >= 15 is 0 Å². The van der Waals surface area contributed by atoms with Crippen molar-refractivity contribution >= 4 is 0 Å². The Balaban J connectivity index is 2.33. The van der Waals surface area contributed by atoms with Gasteiger partial charge in [-0.25, -0.2) is 0 Å². The van der Waals surface area contributed by atoms with Gasteiger partial charge in [0.15, 0.2) is 0 Å². The van der Waals surface area contributed by atoms with E-state index < -0.39 is 0 Å². The largest absolute Gasteiger partial charge is 0.508 e. The minimum absolute atomic E-state index is 0.132. The van der Waals surface area contributed by atoms with E-state index in [0.717, 1.165) is 5.56 Å². The summed E-state index contributed by atoms with van der Waals surface area (Å²) in [4.78, 5) is 4.42. The molecule has 1 unspecified atom stereocenters. The molecule has 114 valence electrons. The molecule has 0 saturated carbocycles. The van der Waals surface area contributed by atoms with Gasteiger partial charge in [-0.3, -0.25) is 0 Å². The third-order valence-electron chi connectivity index (χ3n) is 3.25. The molecule has 1 N–H and O–H groups in total. The van der Waals surface area contributed by atoms with E-state index in [1.165, 1.54) is 0 Å². The lowest BCUT2D eigenvalue weighted by Crippen LogP contribution is -2.22. The summed E-state index contributed by atoms with van der Waals surface area (Å²) in [6.07, 6.45) is -0.237. The van der Waals surface area contributed by atoms with Crippen LogP contribution in [0.1, 0.15) is 45.2 Å². The van der Waals surface area contributed by atoms with Crippen LogP contribution >= 0.6 is 0 Å². The first-order valence-electron chi connectivity index (χ1n) is 7.08. The Morgan fingerprint density at radius 1 is 1.33 bits per heavy atom. The van der Waals surface area contributed by atoms with Crippen LogP contribution in [0, 0.1) is 12.3 Å². The van der Waals surface area contributed by atoms with Crippen LogP contribution in [0.5, 0.6) is 5.75 Å². The summed E-state index contributed by atoms with van der Waals surface area (Å²) in [5.41, 5.74) is 1.37. The van der Waals surface area contributed by atoms with Crippen molar-refractivity contribution in [1.29, 1.82) is 0 Å². The summed E-state index contributed by atoms with van der Waals surface area (Å²) in [5.74, 6) is 1.12. The van der Waals surface area contributed by atoms with Gasteiger partial charge in [-0.15, -0.1) is 0 Å². The van der Waals surface area contributed by atoms with Gasteiger partial charge in [-0.05, 0) is 37.0 Å². The minimum atomic E-state index is -0.237. The molecule has 0 aliphatic carbocycles. The predicted molar refractivity (Wildman–Crippen MR) is 80.0 cm³/mol. The molecule has 21 heavy (non-hydrogen) atoms. The summed E-state index contributed by atoms with van der Waals surface area (Å²) < 4.78 is 11.1. The normalized spacial score (nSPS) is 13.4. The van der Waals surface area contributed by atoms with E-state index in [-0.39, 0.29) is 17.3 Å². The highest BCUT2D eigenvalue weighted by molar-refractivity contribution is 5.57. The minimum Gasteiger partial charge on any atom is -0.508 e. The average Bonchev–Trinajstić information content (AvgIpc) is 2.87. The number of hydrogen-bond donors (Lipinski definition) is 1. The SMILES string of the molecule is CCOC(c1noc(-c2ccc(C)c(O)c2)n1)C(C)(C)C. The summed E-state index contributed by atoms with van der Waals surface area (Å²) in [5, 5.41) is 13.8. The van der Waals surface area contributed by atoms with Crippen LogP contribution in [-0.2, 0) is 4.74 Å². The first-order chi connectivity index (χ1) is 9.82. The highest BCUT2D eigenvalue weighted by Crippen LogP contribution is 2.35. The predicted octanol–water partition coefficient (Wildman–Crippen LogP) is 3.87. The maximum absolute atomic E-state index is 9.78. The third-order valence-corrected chi connectivity index (χ3v) is 3.25. The van der Waals surface area contributed by atoms with E-state index in [1.54, 1.807) is 6.07 Å². The fourth-order valence-corrected chi connectivity index (χ4v) is 2.08. The summed E-state index contributed by atoms with van der Waals surface area (Å²) >= 11 is 0. The number of rotatable bonds is 4. The van der Waals surface area contributed by atoms with Crippen molar-refractivity contribution in [2.75, 3.05) is 6.61 Å². The van der Waals surface area contributed by atoms with Crippen molar-refractivity contribution in [3.63, 3.8) is 0 Å². The number of benzene rings is 1. The zero-order valence-corrected chi connectivity index (χ0v) is 13.2. The molecule has 0 aliphatic rings. The number of phenols is 1. The monoisotopic (exact) mass is 290 g/mol. The van der Waals surface area contributed by atoms with Crippen LogP contribution in [0.4, 0.5) is 0 Å². The van der Waals surface area contributed by atoms with Gasteiger partial charge in [0, 0.05) is 12.2 Å². The average molecular weight is 290 g/mol. The molecule has 0 saturated heterocycles. The van der Waals surface area contributed by atoms with Crippen LogP contribution in [0.15, 0.2) is 22.7 Å². The maximum atomic E-state index is 9.78. The van der Waals surface area contributed by atoms with Gasteiger partial charge in [0.05, 0.1) is 0 Å². The first kappa shape index (κ1) is 15.5. The van der Waals surface area contributed by atoms with Gasteiger partial charge in [0.2, 0.25) is 5.82 Å². The second-order valence-corrected chi connectivity index (χ2v) is 6.16. The van der Waals surface area contributed by atoms with E-state index in [0.29, 0.717) is 23.9 Å². The van der Waals surface area contributed by atoms with Gasteiger partial charge in [0.1, 0.15) is 11.9 Å². The molecular weight excluding hydrogens is 268 g/mol. The quantitative estimate of drug-likeness (QED) is 0.925. The zero-order chi connectivity index (χ0) is 15.6. The molecular formula is C16H22N2O3. The standard InChI is InChI=1S/C16H22N2O3/c1-6-20-13(16(3,4)5)14-17-15(21-18-14)11-8-7-10(2)12(19)9-11/h7-9,13,19H,6H2,1-5H3. The van der Waals surface area contributed by atoms with Crippen molar-refractivity contribution in [1.82, 2.24) is 10.1 Å². The maximum Gasteiger partial charge on any atom is 0.258 e. The topological polar surface area (TPSA) is 68.4 Å². The molecule has 0 fully saturated rings. The van der Waals surface area contributed by atoms with Crippen molar-refractivity contribution in [2.24, 2.45) is 5.41 Å². The van der Waals surface area contributed by atoms with Crippen molar-refractivity contribution in [3.05, 3.63) is 29.6 Å². The van der Waals surface area contributed by atoms with Gasteiger partial charge in [0.25, 0.3) is 5.89 Å². The number of phenolic OH excluding ortho intramolecular Hbond substituents is 1. The highest BCUT2D eigenvalue weighted by atomic mass is 16.5. The molecule has 2 rings (SSSR count). The Hall–Kier alpha value is -1.88. The van der Waals surface area contributed by atoms with Gasteiger partial charge in [-0.2, -0.15) is 4.98 Å². The van der Waals surface area contributed by atoms with Crippen LogP contribution < -0.4 is 0 Å². The molecule has 0 radical (unpaired) electrons. The Bertz CT molecular complexity index is 614. The third kappa shape index (κ3) is 3.42. The number of nitrogens with zero attached hydrogens (tertiary/aromatic N) is 2. The van der Waals surface area contributed by atoms with E-state index in [4.69, 9.17) is 9.26 Å². The fourth-order valence-electron chi connectivity index (χ4n) is 2.08. The molecule has 0 amide bonds. The summed E-state index contributed by atoms with van der Waals surface area (Å²) in [6, 6.07) is 5.29. The van der Waals surface area contributed by atoms with Crippen molar-refractivity contribution < 1.29 is 14.4 Å². The number of aromatic hydroxyl groups is 1. The van der Waals surface area contributed by atoms with Crippen LogP contribution in [-0.4, -0.2) is 21.9 Å². The number of aryl methyl sites for hydroxylation is 1. The Morgan fingerprint density at radius 3 is 2.62 bits per heavy atom. The molecule has 2 aromatic rings. The van der Waals surface area contributed by atoms with Crippen LogP contribution in [0.3, 0.4) is 0 Å². The fraction of sp³-hybridized carbons (Fsp3) is 0.500. The van der Waals surface area contributed by atoms with Gasteiger partial charge >= 0.3 is 0 Å². The number of hydrogen-bond acceptors (Lipinski definition) is 5. The zero-order valence-electron chi connectivity index (χ0n) is 13.2. The van der Waals surface area contributed by atoms with Gasteiger partial charge < -0.3 is 14.4 Å². The lowest BCUT2D eigenvalue weighted by atomic mass is 9.88. The summed E-state index contributed by atoms with van der Waals surface area (Å²) in [7, 11) is 0. The highest BCUT2D eigenvalue weighted by Gasteiger charge is 2.31. The number of ether oxygens (including phenoxy) is 1. The molecule has 1 aromatic heterocycles. The Labute approximate surface area is 125 Å². The summed E-state index contributed by atoms with van der Waals surface area (Å²) in [6.45, 7) is 10.6. The molecule has 1 aromatic carbocycles. The van der Waals surface area contributed by atoms with Crippen molar-refractivity contribution in [2.45, 2.75) is 40.7 Å². The Morgan fingerprint density at radius 2 is 2.05 bits per heavy atom. The second-order valence-electron chi connectivity index (χ2n) is 6.16. The molecule has 5 heteroatoms. The smallest absolute Gasteiger partial charge is 0.258 e. The van der Waals surface area contributed by atoms with Crippen LogP contribution in [0.25, 0.3) is 11.5 Å². The molecule has 5 nitrogen and oxygen atoms in total. The van der Waals surface area contributed by atoms with E-state index in [9.17, 15) is 5.11 Å². The molecule has 1 heterocycles. The molecule has 0 spiro atoms. The lowest BCUT2D eigenvalue weighted by molar-refractivity contribution is -0.0203. The van der Waals surface area contributed by atoms with E-state index in [2.05, 4.69) is 30.9 Å². The molecule has 0 aliphatic heterocycles. The second kappa shape index (κ2) is 5.85. The van der Waals surface area contributed by atoms with E-state index in [1.807, 2.05) is 26.0 Å². The molecule has 1 atom stereocenters. The van der Waals surface area contributed by atoms with Gasteiger partial charge in [-0.1, -0.05) is 32.0 Å². The van der Waals surface area contributed by atoms with Crippen molar-refractivity contribution in [3.8, 4) is 17.2 Å².